The topological polar surface area (TPSA) is 60.5 Å². The highest BCUT2D eigenvalue weighted by molar-refractivity contribution is 6.31. The molecule has 6 heteroatoms. The van der Waals surface area contributed by atoms with Gasteiger partial charge in [-0.3, -0.25) is 0 Å². The van der Waals surface area contributed by atoms with Crippen molar-refractivity contribution in [2.45, 2.75) is 45.8 Å². The summed E-state index contributed by atoms with van der Waals surface area (Å²) >= 11 is 6.12. The van der Waals surface area contributed by atoms with E-state index in [0.29, 0.717) is 30.3 Å². The minimum Gasteiger partial charge on any atom is -0.478 e. The van der Waals surface area contributed by atoms with Crippen molar-refractivity contribution in [1.82, 2.24) is 4.98 Å². The van der Waals surface area contributed by atoms with Gasteiger partial charge >= 0.3 is 5.97 Å². The van der Waals surface area contributed by atoms with Crippen LogP contribution in [0.4, 0.5) is 5.69 Å². The minimum absolute atomic E-state index is 0.313. The SMILES string of the molecule is CCCCC(Oc1ccccc1CNc1cccc(C=Cc2ccc3ccc(Cl)cc3n2)c1)C(=O)OCC. The maximum atomic E-state index is 12.4. The standard InChI is InChI=1S/C32H33ClN2O3/c1-3-5-12-31(32(36)37-4-2)38-30-13-7-6-10-25(30)22-34-28-11-8-9-23(20-28)14-18-27-19-16-24-15-17-26(33)21-29(24)35-27/h6-11,13-21,31,34H,3-5,12,22H2,1-2H3. The van der Waals surface area contributed by atoms with Gasteiger partial charge in [0.05, 0.1) is 17.8 Å². The van der Waals surface area contributed by atoms with Gasteiger partial charge in [-0.1, -0.05) is 73.5 Å². The number of pyridine rings is 1. The van der Waals surface area contributed by atoms with Crippen LogP contribution in [0.25, 0.3) is 23.1 Å². The number of aromatic nitrogens is 1. The van der Waals surface area contributed by atoms with E-state index >= 15 is 0 Å². The summed E-state index contributed by atoms with van der Waals surface area (Å²) in [5.41, 5.74) is 4.74. The van der Waals surface area contributed by atoms with Gasteiger partial charge in [-0.15, -0.1) is 0 Å². The molecular weight excluding hydrogens is 496 g/mol. The predicted octanol–water partition coefficient (Wildman–Crippen LogP) is 8.17. The molecule has 1 aromatic heterocycles. The van der Waals surface area contributed by atoms with Crippen LogP contribution in [0.3, 0.4) is 0 Å². The van der Waals surface area contributed by atoms with Crippen LogP contribution in [0, 0.1) is 0 Å². The van der Waals surface area contributed by atoms with Crippen molar-refractivity contribution in [1.29, 1.82) is 0 Å². The van der Waals surface area contributed by atoms with Gasteiger partial charge in [-0.05, 0) is 67.8 Å². The third-order valence-corrected chi connectivity index (χ3v) is 6.34. The average molecular weight is 529 g/mol. The molecule has 0 saturated carbocycles. The van der Waals surface area contributed by atoms with Crippen LogP contribution >= 0.6 is 11.6 Å². The summed E-state index contributed by atoms with van der Waals surface area (Å²) in [4.78, 5) is 17.1. The fraction of sp³-hybridized carbons (Fsp3) is 0.250. The predicted molar refractivity (Wildman–Crippen MR) is 156 cm³/mol. The van der Waals surface area contributed by atoms with Gasteiger partial charge in [0.2, 0.25) is 0 Å². The summed E-state index contributed by atoms with van der Waals surface area (Å²) in [5.74, 6) is 0.375. The highest BCUT2D eigenvalue weighted by Crippen LogP contribution is 2.24. The van der Waals surface area contributed by atoms with Crippen LogP contribution in [0.5, 0.6) is 5.75 Å². The first-order valence-electron chi connectivity index (χ1n) is 13.0. The van der Waals surface area contributed by atoms with Gasteiger partial charge < -0.3 is 14.8 Å². The largest absolute Gasteiger partial charge is 0.478 e. The van der Waals surface area contributed by atoms with Gasteiger partial charge in [0.15, 0.2) is 6.10 Å². The lowest BCUT2D eigenvalue weighted by molar-refractivity contribution is -0.151. The van der Waals surface area contributed by atoms with Crippen molar-refractivity contribution < 1.29 is 14.3 Å². The van der Waals surface area contributed by atoms with Crippen molar-refractivity contribution >= 4 is 46.3 Å². The molecule has 1 N–H and O–H groups in total. The molecular formula is C32H33ClN2O3. The van der Waals surface area contributed by atoms with E-state index in [4.69, 9.17) is 26.1 Å². The molecule has 38 heavy (non-hydrogen) atoms. The number of esters is 1. The summed E-state index contributed by atoms with van der Waals surface area (Å²) in [6, 6.07) is 25.7. The lowest BCUT2D eigenvalue weighted by Gasteiger charge is -2.20. The molecule has 0 aliphatic heterocycles. The summed E-state index contributed by atoms with van der Waals surface area (Å²) in [6.07, 6.45) is 5.94. The number of fused-ring (bicyclic) bond motifs is 1. The molecule has 4 aromatic rings. The number of para-hydroxylation sites is 1. The Balaban J connectivity index is 1.43. The molecule has 0 fully saturated rings. The number of nitrogens with one attached hydrogen (secondary N) is 1. The first kappa shape index (κ1) is 27.2. The summed E-state index contributed by atoms with van der Waals surface area (Å²) < 4.78 is 11.4. The van der Waals surface area contributed by atoms with E-state index in [1.165, 1.54) is 0 Å². The molecule has 5 nitrogen and oxygen atoms in total. The summed E-state index contributed by atoms with van der Waals surface area (Å²) in [7, 11) is 0. The Hall–Kier alpha value is -3.83. The maximum Gasteiger partial charge on any atom is 0.347 e. The second kappa shape index (κ2) is 13.6. The molecule has 4 rings (SSSR count). The first-order chi connectivity index (χ1) is 18.6. The van der Waals surface area contributed by atoms with Crippen LogP contribution in [0.1, 0.15) is 49.9 Å². The zero-order chi connectivity index (χ0) is 26.7. The molecule has 0 aliphatic rings. The number of halogens is 1. The van der Waals surface area contributed by atoms with Crippen molar-refractivity contribution in [3.63, 3.8) is 0 Å². The third-order valence-electron chi connectivity index (χ3n) is 6.10. The highest BCUT2D eigenvalue weighted by atomic mass is 35.5. The Morgan fingerprint density at radius 2 is 1.84 bits per heavy atom. The van der Waals surface area contributed by atoms with Gasteiger partial charge in [0.1, 0.15) is 5.75 Å². The number of carbonyl (C=O) groups excluding carboxylic acids is 1. The quantitative estimate of drug-likeness (QED) is 0.188. The summed E-state index contributed by atoms with van der Waals surface area (Å²) in [6.45, 7) is 4.80. The first-order valence-corrected chi connectivity index (χ1v) is 13.4. The van der Waals surface area contributed by atoms with Crippen molar-refractivity contribution in [2.24, 2.45) is 0 Å². The second-order valence-corrected chi connectivity index (χ2v) is 9.43. The van der Waals surface area contributed by atoms with Gasteiger partial charge in [-0.2, -0.15) is 0 Å². The highest BCUT2D eigenvalue weighted by Gasteiger charge is 2.22. The Morgan fingerprint density at radius 1 is 1.00 bits per heavy atom. The Morgan fingerprint density at radius 3 is 2.68 bits per heavy atom. The molecule has 1 unspecified atom stereocenters. The summed E-state index contributed by atoms with van der Waals surface area (Å²) in [5, 5.41) is 5.21. The number of unbranched alkanes of at least 4 members (excludes halogenated alkanes) is 1. The Kier molecular flexibility index (Phi) is 9.77. The monoisotopic (exact) mass is 528 g/mol. The van der Waals surface area contributed by atoms with Crippen LogP contribution in [0.2, 0.25) is 5.02 Å². The van der Waals surface area contributed by atoms with E-state index in [9.17, 15) is 4.79 Å². The Bertz CT molecular complexity index is 1400. The van der Waals surface area contributed by atoms with E-state index in [1.807, 2.05) is 91.9 Å². The van der Waals surface area contributed by atoms with E-state index in [-0.39, 0.29) is 5.97 Å². The number of ether oxygens (including phenoxy) is 2. The molecule has 0 amide bonds. The van der Waals surface area contributed by atoms with Crippen molar-refractivity contribution in [2.75, 3.05) is 11.9 Å². The minimum atomic E-state index is -0.607. The van der Waals surface area contributed by atoms with Gasteiger partial charge in [0.25, 0.3) is 0 Å². The number of rotatable bonds is 12. The van der Waals surface area contributed by atoms with E-state index < -0.39 is 6.10 Å². The Labute approximate surface area is 229 Å². The fourth-order valence-electron chi connectivity index (χ4n) is 4.10. The zero-order valence-corrected chi connectivity index (χ0v) is 22.6. The van der Waals surface area contributed by atoms with Gasteiger partial charge in [-0.25, -0.2) is 9.78 Å². The number of carbonyl (C=O) groups is 1. The van der Waals surface area contributed by atoms with Crippen LogP contribution in [-0.4, -0.2) is 23.7 Å². The molecule has 3 aromatic carbocycles. The maximum absolute atomic E-state index is 12.4. The fourth-order valence-corrected chi connectivity index (χ4v) is 4.26. The van der Waals surface area contributed by atoms with E-state index in [2.05, 4.69) is 18.3 Å². The number of hydrogen-bond donors (Lipinski definition) is 1. The molecule has 0 bridgehead atoms. The molecule has 196 valence electrons. The normalized spacial score (nSPS) is 12.0. The number of benzene rings is 3. The van der Waals surface area contributed by atoms with Crippen LogP contribution < -0.4 is 10.1 Å². The molecule has 0 radical (unpaired) electrons. The molecule has 0 aliphatic carbocycles. The molecule has 1 heterocycles. The number of anilines is 1. The zero-order valence-electron chi connectivity index (χ0n) is 21.8. The average Bonchev–Trinajstić information content (AvgIpc) is 2.93. The lowest BCUT2D eigenvalue weighted by Crippen LogP contribution is -2.30. The van der Waals surface area contributed by atoms with Crippen molar-refractivity contribution in [3.8, 4) is 5.75 Å². The third kappa shape index (κ3) is 7.59. The molecule has 1 atom stereocenters. The van der Waals surface area contributed by atoms with Crippen molar-refractivity contribution in [3.05, 3.63) is 101 Å². The van der Waals surface area contributed by atoms with Crippen LogP contribution in [0.15, 0.2) is 78.9 Å². The van der Waals surface area contributed by atoms with Gasteiger partial charge in [0, 0.05) is 28.2 Å². The smallest absolute Gasteiger partial charge is 0.347 e. The molecule has 0 saturated heterocycles. The second-order valence-electron chi connectivity index (χ2n) is 8.99. The lowest BCUT2D eigenvalue weighted by atomic mass is 10.1. The van der Waals surface area contributed by atoms with E-state index in [0.717, 1.165) is 46.3 Å². The number of nitrogens with zero attached hydrogens (tertiary/aromatic N) is 1. The van der Waals surface area contributed by atoms with Crippen LogP contribution in [-0.2, 0) is 16.1 Å². The number of hydrogen-bond acceptors (Lipinski definition) is 5. The molecule has 0 spiro atoms. The van der Waals surface area contributed by atoms with E-state index in [1.54, 1.807) is 0 Å².